The normalized spacial score (nSPS) is 15.7. The number of benzene rings is 2. The van der Waals surface area contributed by atoms with Crippen LogP contribution in [0.3, 0.4) is 0 Å². The molecule has 0 radical (unpaired) electrons. The first-order valence-corrected chi connectivity index (χ1v) is 13.1. The van der Waals surface area contributed by atoms with Gasteiger partial charge in [0.15, 0.2) is 0 Å². The van der Waals surface area contributed by atoms with Crippen LogP contribution >= 0.6 is 0 Å². The number of carboxylic acids is 1. The number of fused-ring (bicyclic) bond motifs is 1. The molecule has 0 saturated heterocycles. The number of hydrogen-bond donors (Lipinski definition) is 3. The van der Waals surface area contributed by atoms with E-state index in [-0.39, 0.29) is 24.7 Å². The molecule has 3 N–H and O–H groups in total. The lowest BCUT2D eigenvalue weighted by Gasteiger charge is -2.31. The standard InChI is InChI=1S/C30H43NO4/c1-5-9-28(27-13-8-10-21(2)26(27)14-15-29(33)34)35-20-25(32)19-31-30(3,4)18-22-16-23-11-6-7-12-24(23)17-22/h6-8,10-13,22,25,28,31-32H,5,9,14-20H2,1-4H3,(H,33,34)/t25?,28-/m1/s1. The van der Waals surface area contributed by atoms with Crippen molar-refractivity contribution in [2.75, 3.05) is 13.2 Å². The van der Waals surface area contributed by atoms with Crippen molar-refractivity contribution in [3.05, 3.63) is 70.3 Å². The molecule has 1 unspecified atom stereocenters. The van der Waals surface area contributed by atoms with Gasteiger partial charge in [-0.1, -0.05) is 55.8 Å². The van der Waals surface area contributed by atoms with Crippen molar-refractivity contribution in [2.45, 2.75) is 90.4 Å². The Morgan fingerprint density at radius 2 is 1.83 bits per heavy atom. The first kappa shape index (κ1) is 27.4. The summed E-state index contributed by atoms with van der Waals surface area (Å²) in [5.41, 5.74) is 6.07. The van der Waals surface area contributed by atoms with E-state index in [9.17, 15) is 9.90 Å². The van der Waals surface area contributed by atoms with Crippen LogP contribution in [0.1, 0.15) is 80.4 Å². The van der Waals surface area contributed by atoms with Crippen LogP contribution in [0.2, 0.25) is 0 Å². The van der Waals surface area contributed by atoms with E-state index in [1.165, 1.54) is 11.1 Å². The van der Waals surface area contributed by atoms with Gasteiger partial charge in [0.05, 0.1) is 18.8 Å². The molecule has 3 rings (SSSR count). The number of aliphatic carboxylic acids is 1. The Kier molecular flexibility index (Phi) is 9.90. The molecular weight excluding hydrogens is 438 g/mol. The third-order valence-electron chi connectivity index (χ3n) is 7.17. The number of aryl methyl sites for hydroxylation is 1. The number of aliphatic hydroxyl groups is 1. The van der Waals surface area contributed by atoms with Gasteiger partial charge in [0.2, 0.25) is 0 Å². The van der Waals surface area contributed by atoms with Crippen molar-refractivity contribution in [3.8, 4) is 0 Å². The molecule has 0 aliphatic heterocycles. The summed E-state index contributed by atoms with van der Waals surface area (Å²) in [4.78, 5) is 11.2. The van der Waals surface area contributed by atoms with Crippen molar-refractivity contribution < 1.29 is 19.7 Å². The van der Waals surface area contributed by atoms with Crippen LogP contribution in [0.5, 0.6) is 0 Å². The van der Waals surface area contributed by atoms with E-state index in [0.717, 1.165) is 48.8 Å². The Morgan fingerprint density at radius 3 is 2.46 bits per heavy atom. The molecule has 2 atom stereocenters. The molecule has 5 heteroatoms. The lowest BCUT2D eigenvalue weighted by Crippen LogP contribution is -2.45. The molecule has 5 nitrogen and oxygen atoms in total. The summed E-state index contributed by atoms with van der Waals surface area (Å²) in [6.07, 6.45) is 4.93. The molecule has 0 bridgehead atoms. The SMILES string of the molecule is CCC[C@@H](OCC(O)CNC(C)(C)CC1Cc2ccccc2C1)c1cccc(C)c1CCC(=O)O. The fraction of sp³-hybridized carbons (Fsp3) is 0.567. The molecule has 192 valence electrons. The number of β-amino-alcohol motifs (C(OH)–C–C–N with tert-alkyl or cyclic N) is 1. The molecule has 0 saturated carbocycles. The van der Waals surface area contributed by atoms with Crippen molar-refractivity contribution >= 4 is 5.97 Å². The zero-order valence-electron chi connectivity index (χ0n) is 21.8. The van der Waals surface area contributed by atoms with E-state index in [2.05, 4.69) is 50.4 Å². The van der Waals surface area contributed by atoms with Gasteiger partial charge in [0.25, 0.3) is 0 Å². The van der Waals surface area contributed by atoms with Crippen LogP contribution in [0.15, 0.2) is 42.5 Å². The first-order valence-electron chi connectivity index (χ1n) is 13.1. The van der Waals surface area contributed by atoms with Crippen molar-refractivity contribution in [1.82, 2.24) is 5.32 Å². The largest absolute Gasteiger partial charge is 0.481 e. The van der Waals surface area contributed by atoms with Crippen LogP contribution < -0.4 is 5.32 Å². The first-order chi connectivity index (χ1) is 16.7. The van der Waals surface area contributed by atoms with Crippen LogP contribution in [0.25, 0.3) is 0 Å². The summed E-state index contributed by atoms with van der Waals surface area (Å²) in [5.74, 6) is -0.166. The summed E-state index contributed by atoms with van der Waals surface area (Å²) in [6.45, 7) is 9.29. The molecular formula is C30H43NO4. The molecule has 0 heterocycles. The molecule has 0 fully saturated rings. The summed E-state index contributed by atoms with van der Waals surface area (Å²) in [6, 6.07) is 14.8. The van der Waals surface area contributed by atoms with Gasteiger partial charge in [0.1, 0.15) is 0 Å². The lowest BCUT2D eigenvalue weighted by atomic mass is 9.88. The van der Waals surface area contributed by atoms with Gasteiger partial charge >= 0.3 is 5.97 Å². The number of hydrogen-bond acceptors (Lipinski definition) is 4. The predicted octanol–water partition coefficient (Wildman–Crippen LogP) is 5.40. The Labute approximate surface area is 210 Å². The van der Waals surface area contributed by atoms with Crippen molar-refractivity contribution in [3.63, 3.8) is 0 Å². The zero-order valence-corrected chi connectivity index (χ0v) is 21.8. The van der Waals surface area contributed by atoms with E-state index in [0.29, 0.717) is 18.9 Å². The molecule has 0 spiro atoms. The monoisotopic (exact) mass is 481 g/mol. The molecule has 2 aromatic carbocycles. The number of rotatable bonds is 14. The van der Waals surface area contributed by atoms with Gasteiger partial charge in [-0.25, -0.2) is 0 Å². The van der Waals surface area contributed by atoms with Crippen LogP contribution in [0.4, 0.5) is 0 Å². The van der Waals surface area contributed by atoms with E-state index in [1.807, 2.05) is 25.1 Å². The number of carboxylic acid groups (broad SMARTS) is 1. The molecule has 2 aromatic rings. The smallest absolute Gasteiger partial charge is 0.303 e. The average Bonchev–Trinajstić information content (AvgIpc) is 3.21. The number of aliphatic hydroxyl groups excluding tert-OH is 1. The summed E-state index contributed by atoms with van der Waals surface area (Å²) in [7, 11) is 0. The third kappa shape index (κ3) is 8.16. The predicted molar refractivity (Wildman–Crippen MR) is 141 cm³/mol. The Morgan fingerprint density at radius 1 is 1.14 bits per heavy atom. The van der Waals surface area contributed by atoms with Gasteiger partial charge < -0.3 is 20.3 Å². The highest BCUT2D eigenvalue weighted by molar-refractivity contribution is 5.67. The minimum atomic E-state index is -0.794. The fourth-order valence-electron chi connectivity index (χ4n) is 5.46. The van der Waals surface area contributed by atoms with Crippen LogP contribution in [-0.4, -0.2) is 41.0 Å². The maximum atomic E-state index is 11.2. The molecule has 1 aliphatic carbocycles. The third-order valence-corrected chi connectivity index (χ3v) is 7.17. The van der Waals surface area contributed by atoms with E-state index in [4.69, 9.17) is 9.84 Å². The lowest BCUT2D eigenvalue weighted by molar-refractivity contribution is -0.136. The second-order valence-electron chi connectivity index (χ2n) is 10.8. The molecule has 0 aromatic heterocycles. The summed E-state index contributed by atoms with van der Waals surface area (Å²) >= 11 is 0. The minimum Gasteiger partial charge on any atom is -0.481 e. The van der Waals surface area contributed by atoms with E-state index >= 15 is 0 Å². The van der Waals surface area contributed by atoms with Crippen molar-refractivity contribution in [2.24, 2.45) is 5.92 Å². The Balaban J connectivity index is 1.52. The average molecular weight is 482 g/mol. The van der Waals surface area contributed by atoms with Crippen molar-refractivity contribution in [1.29, 1.82) is 0 Å². The summed E-state index contributed by atoms with van der Waals surface area (Å²) in [5, 5.41) is 23.4. The fourth-order valence-corrected chi connectivity index (χ4v) is 5.46. The second-order valence-corrected chi connectivity index (χ2v) is 10.8. The van der Waals surface area contributed by atoms with E-state index < -0.39 is 12.1 Å². The topological polar surface area (TPSA) is 78.8 Å². The van der Waals surface area contributed by atoms with Crippen LogP contribution in [0, 0.1) is 12.8 Å². The zero-order chi connectivity index (χ0) is 25.4. The maximum absolute atomic E-state index is 11.2. The van der Waals surface area contributed by atoms with Gasteiger partial charge in [0, 0.05) is 18.5 Å². The van der Waals surface area contributed by atoms with Crippen LogP contribution in [-0.2, 0) is 28.8 Å². The Hall–Kier alpha value is -2.21. The van der Waals surface area contributed by atoms with Gasteiger partial charge in [-0.2, -0.15) is 0 Å². The van der Waals surface area contributed by atoms with E-state index in [1.54, 1.807) is 0 Å². The van der Waals surface area contributed by atoms with Gasteiger partial charge in [-0.3, -0.25) is 4.79 Å². The number of ether oxygens (including phenoxy) is 1. The van der Waals surface area contributed by atoms with Gasteiger partial charge in [-0.05, 0) is 86.6 Å². The molecule has 1 aliphatic rings. The summed E-state index contributed by atoms with van der Waals surface area (Å²) < 4.78 is 6.24. The molecule has 35 heavy (non-hydrogen) atoms. The quantitative estimate of drug-likeness (QED) is 0.337. The highest BCUT2D eigenvalue weighted by Crippen LogP contribution is 2.32. The Bertz CT molecular complexity index is 946. The second kappa shape index (κ2) is 12.7. The number of carbonyl (C=O) groups is 1. The number of nitrogens with one attached hydrogen (secondary N) is 1. The van der Waals surface area contributed by atoms with Gasteiger partial charge in [-0.15, -0.1) is 0 Å². The highest BCUT2D eigenvalue weighted by atomic mass is 16.5. The minimum absolute atomic E-state index is 0.0724. The maximum Gasteiger partial charge on any atom is 0.303 e. The molecule has 0 amide bonds. The highest BCUT2D eigenvalue weighted by Gasteiger charge is 2.28.